The summed E-state index contributed by atoms with van der Waals surface area (Å²) < 4.78 is 15.1. The number of carboxylic acid groups (broad SMARTS) is 1. The number of rotatable bonds is 5. The van der Waals surface area contributed by atoms with Crippen LogP contribution in [0.15, 0.2) is 22.7 Å². The molecule has 3 N–H and O–H groups in total. The molecule has 0 aliphatic heterocycles. The molecule has 2 aromatic rings. The van der Waals surface area contributed by atoms with Gasteiger partial charge >= 0.3 is 5.97 Å². The van der Waals surface area contributed by atoms with Gasteiger partial charge in [0.05, 0.1) is 12.2 Å². The minimum absolute atomic E-state index is 0.103. The maximum absolute atomic E-state index is 13.0. The summed E-state index contributed by atoms with van der Waals surface area (Å²) in [7, 11) is 0. The van der Waals surface area contributed by atoms with Crippen LogP contribution in [-0.4, -0.2) is 32.6 Å². The van der Waals surface area contributed by atoms with Gasteiger partial charge in [-0.25, -0.2) is 13.9 Å². The zero-order valence-electron chi connectivity index (χ0n) is 10.4. The first-order valence-electron chi connectivity index (χ1n) is 5.82. The smallest absolute Gasteiger partial charge is 0.358 e. The van der Waals surface area contributed by atoms with Gasteiger partial charge in [-0.1, -0.05) is 27.2 Å². The highest BCUT2D eigenvalue weighted by Gasteiger charge is 2.18. The van der Waals surface area contributed by atoms with Crippen molar-refractivity contribution in [1.29, 1.82) is 0 Å². The molecule has 0 amide bonds. The van der Waals surface area contributed by atoms with Gasteiger partial charge < -0.3 is 10.8 Å². The summed E-state index contributed by atoms with van der Waals surface area (Å²) in [5.74, 6) is -1.49. The van der Waals surface area contributed by atoms with Crippen LogP contribution < -0.4 is 5.73 Å². The zero-order chi connectivity index (χ0) is 14.7. The van der Waals surface area contributed by atoms with E-state index >= 15 is 0 Å². The third kappa shape index (κ3) is 3.02. The third-order valence-electron chi connectivity index (χ3n) is 2.76. The molecule has 0 atom stereocenters. The summed E-state index contributed by atoms with van der Waals surface area (Å²) in [6.07, 6.45) is 0.355. The van der Waals surface area contributed by atoms with Gasteiger partial charge in [0.25, 0.3) is 0 Å². The van der Waals surface area contributed by atoms with Crippen LogP contribution in [0.2, 0.25) is 0 Å². The predicted octanol–water partition coefficient (Wildman–Crippen LogP) is 1.43. The van der Waals surface area contributed by atoms with Gasteiger partial charge in [0.1, 0.15) is 5.82 Å². The van der Waals surface area contributed by atoms with Crippen molar-refractivity contribution < 1.29 is 14.3 Å². The molecule has 6 nitrogen and oxygen atoms in total. The molecule has 0 radical (unpaired) electrons. The largest absolute Gasteiger partial charge is 0.476 e. The van der Waals surface area contributed by atoms with Crippen LogP contribution in [0.1, 0.15) is 21.7 Å². The number of benzene rings is 1. The van der Waals surface area contributed by atoms with Crippen LogP contribution in [-0.2, 0) is 13.0 Å². The molecule has 0 spiro atoms. The first-order valence-corrected chi connectivity index (χ1v) is 6.62. The molecule has 0 unspecified atom stereocenters. The van der Waals surface area contributed by atoms with Crippen molar-refractivity contribution in [3.8, 4) is 0 Å². The van der Waals surface area contributed by atoms with E-state index in [4.69, 9.17) is 10.8 Å². The molecular weight excluding hydrogens is 331 g/mol. The topological polar surface area (TPSA) is 94.0 Å². The van der Waals surface area contributed by atoms with E-state index in [1.54, 1.807) is 6.07 Å². The Morgan fingerprint density at radius 1 is 1.50 bits per heavy atom. The van der Waals surface area contributed by atoms with Crippen LogP contribution in [0.25, 0.3) is 0 Å². The standard InChI is InChI=1S/C12H12BrFN4O2/c13-9-5-8(14)2-1-7(9)6-18-10(3-4-15)11(12(19)20)16-17-18/h1-2,5H,3-4,6,15H2,(H,19,20). The summed E-state index contributed by atoms with van der Waals surface area (Å²) >= 11 is 3.26. The summed E-state index contributed by atoms with van der Waals surface area (Å²) in [6, 6.07) is 4.28. The number of aromatic carboxylic acids is 1. The summed E-state index contributed by atoms with van der Waals surface area (Å²) in [5, 5.41) is 16.5. The summed E-state index contributed by atoms with van der Waals surface area (Å²) in [5.41, 5.74) is 6.60. The highest BCUT2D eigenvalue weighted by Crippen LogP contribution is 2.20. The van der Waals surface area contributed by atoms with Crippen molar-refractivity contribution in [2.24, 2.45) is 5.73 Å². The second-order valence-corrected chi connectivity index (χ2v) is 4.98. The number of halogens is 2. The number of hydrogen-bond acceptors (Lipinski definition) is 4. The Hall–Kier alpha value is -1.80. The van der Waals surface area contributed by atoms with Gasteiger partial charge in [-0.3, -0.25) is 0 Å². The molecule has 0 bridgehead atoms. The molecule has 2 rings (SSSR count). The molecular formula is C12H12BrFN4O2. The lowest BCUT2D eigenvalue weighted by molar-refractivity contribution is 0.0689. The quantitative estimate of drug-likeness (QED) is 0.857. The molecule has 0 saturated carbocycles. The monoisotopic (exact) mass is 342 g/mol. The second-order valence-electron chi connectivity index (χ2n) is 4.12. The fraction of sp³-hybridized carbons (Fsp3) is 0.250. The van der Waals surface area contributed by atoms with E-state index in [9.17, 15) is 9.18 Å². The van der Waals surface area contributed by atoms with Crippen LogP contribution in [0, 0.1) is 5.82 Å². The molecule has 1 heterocycles. The van der Waals surface area contributed by atoms with Crippen LogP contribution in [0.4, 0.5) is 4.39 Å². The van der Waals surface area contributed by atoms with Crippen molar-refractivity contribution in [2.75, 3.05) is 6.54 Å². The molecule has 0 aliphatic carbocycles. The third-order valence-corrected chi connectivity index (χ3v) is 3.49. The Bertz CT molecular complexity index is 644. The number of nitrogens with zero attached hydrogens (tertiary/aromatic N) is 3. The molecule has 1 aromatic carbocycles. The van der Waals surface area contributed by atoms with E-state index in [0.717, 1.165) is 5.56 Å². The highest BCUT2D eigenvalue weighted by molar-refractivity contribution is 9.10. The van der Waals surface area contributed by atoms with E-state index in [0.29, 0.717) is 16.6 Å². The lowest BCUT2D eigenvalue weighted by Gasteiger charge is -2.08. The molecule has 0 fully saturated rings. The van der Waals surface area contributed by atoms with E-state index in [1.807, 2.05) is 0 Å². The lowest BCUT2D eigenvalue weighted by Crippen LogP contribution is -2.14. The highest BCUT2D eigenvalue weighted by atomic mass is 79.9. The molecule has 106 valence electrons. The average molecular weight is 343 g/mol. The second kappa shape index (κ2) is 6.10. The number of nitrogens with two attached hydrogens (primary N) is 1. The maximum atomic E-state index is 13.0. The van der Waals surface area contributed by atoms with E-state index in [1.165, 1.54) is 16.8 Å². The van der Waals surface area contributed by atoms with Gasteiger partial charge in [0, 0.05) is 10.9 Å². The van der Waals surface area contributed by atoms with E-state index < -0.39 is 5.97 Å². The van der Waals surface area contributed by atoms with Crippen molar-refractivity contribution in [1.82, 2.24) is 15.0 Å². The van der Waals surface area contributed by atoms with Crippen LogP contribution >= 0.6 is 15.9 Å². The molecule has 8 heteroatoms. The van der Waals surface area contributed by atoms with Gasteiger partial charge in [0.15, 0.2) is 5.69 Å². The van der Waals surface area contributed by atoms with Crippen molar-refractivity contribution in [2.45, 2.75) is 13.0 Å². The Morgan fingerprint density at radius 3 is 2.85 bits per heavy atom. The molecule has 20 heavy (non-hydrogen) atoms. The fourth-order valence-electron chi connectivity index (χ4n) is 1.82. The van der Waals surface area contributed by atoms with Crippen molar-refractivity contribution in [3.05, 3.63) is 45.4 Å². The minimum atomic E-state index is -1.14. The van der Waals surface area contributed by atoms with Crippen molar-refractivity contribution in [3.63, 3.8) is 0 Å². The number of carbonyl (C=O) groups is 1. The molecule has 0 aliphatic rings. The van der Waals surface area contributed by atoms with Crippen molar-refractivity contribution >= 4 is 21.9 Å². The maximum Gasteiger partial charge on any atom is 0.358 e. The fourth-order valence-corrected chi connectivity index (χ4v) is 2.30. The first kappa shape index (κ1) is 14.6. The average Bonchev–Trinajstić information content (AvgIpc) is 2.77. The Morgan fingerprint density at radius 2 is 2.25 bits per heavy atom. The minimum Gasteiger partial charge on any atom is -0.476 e. The van der Waals surface area contributed by atoms with Gasteiger partial charge in [0.2, 0.25) is 0 Å². The Labute approximate surface area is 122 Å². The first-order chi connectivity index (χ1) is 9.52. The normalized spacial score (nSPS) is 10.8. The lowest BCUT2D eigenvalue weighted by atomic mass is 10.2. The number of hydrogen-bond donors (Lipinski definition) is 2. The molecule has 0 saturated heterocycles. The van der Waals surface area contributed by atoms with Crippen LogP contribution in [0.3, 0.4) is 0 Å². The molecule has 1 aromatic heterocycles. The summed E-state index contributed by atoms with van der Waals surface area (Å²) in [4.78, 5) is 11.1. The van der Waals surface area contributed by atoms with E-state index in [-0.39, 0.29) is 24.6 Å². The van der Waals surface area contributed by atoms with Gasteiger partial charge in [-0.2, -0.15) is 0 Å². The van der Waals surface area contributed by atoms with Gasteiger partial charge in [-0.05, 0) is 24.2 Å². The predicted molar refractivity (Wildman–Crippen MR) is 72.9 cm³/mol. The SMILES string of the molecule is NCCc1c(C(=O)O)nnn1Cc1ccc(F)cc1Br. The van der Waals surface area contributed by atoms with Crippen LogP contribution in [0.5, 0.6) is 0 Å². The Kier molecular flexibility index (Phi) is 4.46. The zero-order valence-corrected chi connectivity index (χ0v) is 12.0. The van der Waals surface area contributed by atoms with E-state index in [2.05, 4.69) is 26.2 Å². The van der Waals surface area contributed by atoms with Gasteiger partial charge in [-0.15, -0.1) is 5.10 Å². The Balaban J connectivity index is 2.35. The summed E-state index contributed by atoms with van der Waals surface area (Å²) in [6.45, 7) is 0.578. The number of carboxylic acids is 1. The number of aromatic nitrogens is 3.